The summed E-state index contributed by atoms with van der Waals surface area (Å²) in [6, 6.07) is 3.87. The van der Waals surface area contributed by atoms with Crippen LogP contribution in [0.3, 0.4) is 0 Å². The number of fused-ring (bicyclic) bond motifs is 2. The van der Waals surface area contributed by atoms with Crippen LogP contribution in [0.2, 0.25) is 0 Å². The summed E-state index contributed by atoms with van der Waals surface area (Å²) in [6.07, 6.45) is 0.924. The van der Waals surface area contributed by atoms with Gasteiger partial charge in [-0.1, -0.05) is 0 Å². The molecule has 264 valence electrons. The van der Waals surface area contributed by atoms with Gasteiger partial charge in [0.05, 0.1) is 73.2 Å². The van der Waals surface area contributed by atoms with Crippen LogP contribution in [-0.4, -0.2) is 64.6 Å². The van der Waals surface area contributed by atoms with Crippen LogP contribution < -0.4 is 18.9 Å². The van der Waals surface area contributed by atoms with Crippen LogP contribution in [0.5, 0.6) is 11.5 Å². The maximum Gasteiger partial charge on any atom is 0.342 e. The van der Waals surface area contributed by atoms with Crippen molar-refractivity contribution in [3.8, 4) is 11.5 Å². The average Bonchev–Trinajstić information content (AvgIpc) is 2.99. The smallest absolute Gasteiger partial charge is 0.342 e. The van der Waals surface area contributed by atoms with Crippen molar-refractivity contribution in [3.05, 3.63) is 66.7 Å². The normalized spacial score (nSPS) is 18.3. The van der Waals surface area contributed by atoms with Crippen LogP contribution in [0.1, 0.15) is 105 Å². The number of nitro benzene ring substituents is 2. The van der Waals surface area contributed by atoms with Gasteiger partial charge in [-0.05, 0) is 48.5 Å². The minimum Gasteiger partial charge on any atom is -0.492 e. The molecule has 2 aromatic carbocycles. The molecule has 0 unspecified atom stereocenters. The number of aromatic carboxylic acids is 1. The minimum absolute atomic E-state index is 0.0130. The Bertz CT molecular complexity index is 1630. The first-order valence-electron chi connectivity index (χ1n) is 14.9. The largest absolute Gasteiger partial charge is 0.492 e. The van der Waals surface area contributed by atoms with Crippen LogP contribution in [0.15, 0.2) is 24.3 Å². The molecule has 0 aliphatic carbocycles. The first-order valence-corrected chi connectivity index (χ1v) is 17.2. The first kappa shape index (κ1) is 38.4. The fourth-order valence-corrected chi connectivity index (χ4v) is 6.28. The molecule has 0 bridgehead atoms. The molecule has 4 rings (SSSR count). The lowest BCUT2D eigenvalue weighted by molar-refractivity contribution is -0.385. The quantitative estimate of drug-likeness (QED) is 0.181. The maximum absolute atomic E-state index is 12.4. The van der Waals surface area contributed by atoms with Crippen LogP contribution in [0, 0.1) is 20.2 Å². The van der Waals surface area contributed by atoms with E-state index >= 15 is 0 Å². The molecule has 0 saturated carbocycles. The molecule has 0 saturated heterocycles. The molecule has 0 amide bonds. The second-order valence-electron chi connectivity index (χ2n) is 12.7. The van der Waals surface area contributed by atoms with Crippen LogP contribution in [0.4, 0.5) is 11.4 Å². The van der Waals surface area contributed by atoms with Gasteiger partial charge in [-0.25, -0.2) is 27.5 Å². The fraction of sp³-hybridized carbons (Fsp3) is 0.533. The fourth-order valence-electron chi connectivity index (χ4n) is 4.57. The van der Waals surface area contributed by atoms with Crippen molar-refractivity contribution in [1.82, 2.24) is 9.44 Å². The number of nitrogens with one attached hydrogen (secondary N) is 2. The Morgan fingerprint density at radius 1 is 0.833 bits per heavy atom. The Balaban J connectivity index is 0.000000261. The van der Waals surface area contributed by atoms with Gasteiger partial charge in [-0.15, -0.1) is 0 Å². The molecule has 18 heteroatoms. The maximum atomic E-state index is 12.4. The number of nitrogens with zero attached hydrogens (tertiary/aromatic N) is 2. The lowest BCUT2D eigenvalue weighted by atomic mass is 9.97. The predicted molar refractivity (Wildman–Crippen MR) is 177 cm³/mol. The SMILES string of the molecule is CC(C)(C)[S@](=O)N[C@H]1CCOc2c(C(=O)O)cc([N+](=O)[O-])cc21.CCOC(=O)c1cc([N+](=O)[O-])cc2c1OCC[C@@H]2N[S@@](=O)C(C)(C)C. The Hall–Kier alpha value is -4.00. The summed E-state index contributed by atoms with van der Waals surface area (Å²) in [4.78, 5) is 44.6. The monoisotopic (exact) mass is 712 g/mol. The number of hydrogen-bond donors (Lipinski definition) is 3. The van der Waals surface area contributed by atoms with Crippen molar-refractivity contribution in [2.75, 3.05) is 19.8 Å². The molecule has 0 aromatic heterocycles. The highest BCUT2D eigenvalue weighted by atomic mass is 32.2. The molecular formula is C30H40N4O12S2. The molecule has 2 aromatic rings. The van der Waals surface area contributed by atoms with E-state index in [-0.39, 0.29) is 47.2 Å². The van der Waals surface area contributed by atoms with E-state index < -0.39 is 65.3 Å². The topological polar surface area (TPSA) is 227 Å². The number of carbonyl (C=O) groups is 2. The zero-order valence-corrected chi connectivity index (χ0v) is 29.3. The number of non-ortho nitro benzene ring substituents is 2. The Kier molecular flexibility index (Phi) is 12.4. The van der Waals surface area contributed by atoms with Crippen molar-refractivity contribution in [2.45, 2.75) is 82.9 Å². The Morgan fingerprint density at radius 2 is 1.23 bits per heavy atom. The molecule has 3 N–H and O–H groups in total. The lowest BCUT2D eigenvalue weighted by Gasteiger charge is -2.29. The number of benzene rings is 2. The van der Waals surface area contributed by atoms with Gasteiger partial charge in [0.15, 0.2) is 0 Å². The highest BCUT2D eigenvalue weighted by Gasteiger charge is 2.34. The van der Waals surface area contributed by atoms with Gasteiger partial charge in [0.25, 0.3) is 11.4 Å². The number of esters is 1. The van der Waals surface area contributed by atoms with Gasteiger partial charge in [-0.3, -0.25) is 20.2 Å². The zero-order chi connectivity index (χ0) is 36.1. The summed E-state index contributed by atoms with van der Waals surface area (Å²) in [5, 5.41) is 31.5. The second kappa shape index (κ2) is 15.5. The van der Waals surface area contributed by atoms with Gasteiger partial charge in [0.2, 0.25) is 0 Å². The second-order valence-corrected chi connectivity index (χ2v) is 16.7. The van der Waals surface area contributed by atoms with Crippen molar-refractivity contribution in [1.29, 1.82) is 0 Å². The van der Waals surface area contributed by atoms with Crippen molar-refractivity contribution in [3.63, 3.8) is 0 Å². The average molecular weight is 713 g/mol. The Morgan fingerprint density at radius 3 is 1.58 bits per heavy atom. The molecule has 2 aliphatic rings. The van der Waals surface area contributed by atoms with E-state index in [0.29, 0.717) is 30.6 Å². The number of rotatable bonds is 9. The first-order chi connectivity index (χ1) is 22.3. The van der Waals surface area contributed by atoms with Gasteiger partial charge < -0.3 is 19.3 Å². The zero-order valence-electron chi connectivity index (χ0n) is 27.6. The summed E-state index contributed by atoms with van der Waals surface area (Å²) in [5.41, 5.74) is -0.0245. The summed E-state index contributed by atoms with van der Waals surface area (Å²) in [5.74, 6) is -1.64. The molecule has 48 heavy (non-hydrogen) atoms. The molecule has 0 spiro atoms. The summed E-state index contributed by atoms with van der Waals surface area (Å²) < 4.78 is 45.6. The van der Waals surface area contributed by atoms with E-state index in [0.717, 1.165) is 12.1 Å². The molecule has 2 aliphatic heterocycles. The Labute approximate surface area is 282 Å². The highest BCUT2D eigenvalue weighted by molar-refractivity contribution is 7.84. The highest BCUT2D eigenvalue weighted by Crippen LogP contribution is 2.40. The van der Waals surface area contributed by atoms with E-state index in [4.69, 9.17) is 14.2 Å². The van der Waals surface area contributed by atoms with Crippen molar-refractivity contribution in [2.24, 2.45) is 0 Å². The van der Waals surface area contributed by atoms with Gasteiger partial charge in [0, 0.05) is 48.2 Å². The van der Waals surface area contributed by atoms with Crippen molar-refractivity contribution >= 4 is 45.3 Å². The number of carboxylic acids is 1. The molecule has 0 radical (unpaired) electrons. The lowest BCUT2D eigenvalue weighted by Crippen LogP contribution is -2.37. The van der Waals surface area contributed by atoms with Crippen LogP contribution in [0.25, 0.3) is 0 Å². The molecule has 16 nitrogen and oxygen atoms in total. The van der Waals surface area contributed by atoms with E-state index in [9.17, 15) is 43.3 Å². The molecule has 2 heterocycles. The minimum atomic E-state index is -1.40. The third-order valence-corrected chi connectivity index (χ3v) is 10.2. The molecule has 4 atom stereocenters. The predicted octanol–water partition coefficient (Wildman–Crippen LogP) is 4.82. The van der Waals surface area contributed by atoms with Gasteiger partial charge in [0.1, 0.15) is 22.6 Å². The molecular weight excluding hydrogens is 672 g/mol. The number of carboxylic acid groups (broad SMARTS) is 1. The van der Waals surface area contributed by atoms with Crippen LogP contribution >= 0.6 is 0 Å². The third-order valence-electron chi connectivity index (χ3n) is 7.02. The third kappa shape index (κ3) is 9.33. The van der Waals surface area contributed by atoms with E-state index in [1.165, 1.54) is 12.1 Å². The molecule has 0 fully saturated rings. The summed E-state index contributed by atoms with van der Waals surface area (Å²) >= 11 is 0. The van der Waals surface area contributed by atoms with Gasteiger partial charge in [-0.2, -0.15) is 0 Å². The number of nitro groups is 2. The van der Waals surface area contributed by atoms with E-state index in [1.54, 1.807) is 27.7 Å². The summed E-state index contributed by atoms with van der Waals surface area (Å²) in [7, 11) is -2.77. The number of carbonyl (C=O) groups excluding carboxylic acids is 1. The number of ether oxygens (including phenoxy) is 3. The summed E-state index contributed by atoms with van der Waals surface area (Å²) in [6.45, 7) is 13.2. The van der Waals surface area contributed by atoms with Gasteiger partial charge >= 0.3 is 11.9 Å². The van der Waals surface area contributed by atoms with Crippen LogP contribution in [-0.2, 0) is 26.7 Å². The van der Waals surface area contributed by atoms with E-state index in [2.05, 4.69) is 9.44 Å². The number of hydrogen-bond acceptors (Lipinski definition) is 11. The van der Waals surface area contributed by atoms with Crippen molar-refractivity contribution < 1.29 is 47.2 Å². The van der Waals surface area contributed by atoms with E-state index in [1.807, 2.05) is 20.8 Å². The standard InChI is InChI=1S/C16H22N2O6S.C14H18N2O6S/c1-5-23-15(19)12-9-10(18(20)21)8-11-13(6-7-24-14(11)12)17-25(22)16(2,3)4;1-14(2,3)23(21)15-11-4-5-22-12-9(11)6-8(16(19)20)7-10(12)13(17)18/h8-9,13,17H,5-7H2,1-4H3;6-7,11,15H,4-5H2,1-3H3,(H,17,18)/t13-,25-;11-,23-/m00/s1.